The van der Waals surface area contributed by atoms with E-state index in [0.717, 1.165) is 16.7 Å². The summed E-state index contributed by atoms with van der Waals surface area (Å²) in [5, 5.41) is 1.05. The Hall–Kier alpha value is -2.26. The number of hydrogen-bond acceptors (Lipinski definition) is 5. The minimum absolute atomic E-state index is 0.122. The molecule has 1 aliphatic rings. The molecule has 182 valence electrons. The number of hydrogen-bond donors (Lipinski definition) is 0. The van der Waals surface area contributed by atoms with E-state index in [1.807, 2.05) is 46.8 Å². The van der Waals surface area contributed by atoms with Crippen LogP contribution in [0, 0.1) is 20.8 Å². The van der Waals surface area contributed by atoms with E-state index >= 15 is 0 Å². The molecule has 0 N–H and O–H groups in total. The fourth-order valence-corrected chi connectivity index (χ4v) is 7.36. The summed E-state index contributed by atoms with van der Waals surface area (Å²) in [5.41, 5.74) is 3.04. The number of aryl methyl sites for hydroxylation is 3. The lowest BCUT2D eigenvalue weighted by molar-refractivity contribution is 0.104. The van der Waals surface area contributed by atoms with Gasteiger partial charge in [0.25, 0.3) is 5.56 Å². The third kappa shape index (κ3) is 4.28. The molecule has 1 fully saturated rings. The monoisotopic (exact) mass is 502 g/mol. The molecule has 4 rings (SSSR count). The molecular weight excluding hydrogens is 472 g/mol. The lowest BCUT2D eigenvalue weighted by Gasteiger charge is -2.41. The van der Waals surface area contributed by atoms with Crippen LogP contribution < -0.4 is 5.56 Å². The van der Waals surface area contributed by atoms with Gasteiger partial charge in [-0.1, -0.05) is 29.3 Å². The van der Waals surface area contributed by atoms with E-state index in [-0.39, 0.29) is 17.6 Å². The maximum absolute atomic E-state index is 13.6. The summed E-state index contributed by atoms with van der Waals surface area (Å²) < 4.78 is 30.4. The highest BCUT2D eigenvalue weighted by Crippen LogP contribution is 2.30. The van der Waals surface area contributed by atoms with Gasteiger partial charge >= 0.3 is 0 Å². The van der Waals surface area contributed by atoms with Crippen LogP contribution in [-0.2, 0) is 17.1 Å². The van der Waals surface area contributed by atoms with E-state index < -0.39 is 10.0 Å². The average Bonchev–Trinajstić information content (AvgIpc) is 2.74. The molecule has 0 spiro atoms. The predicted octanol–water partition coefficient (Wildman–Crippen LogP) is 3.97. The van der Waals surface area contributed by atoms with Crippen molar-refractivity contribution in [1.82, 2.24) is 18.8 Å². The first kappa shape index (κ1) is 24.9. The second kappa shape index (κ2) is 9.07. The highest BCUT2D eigenvalue weighted by atomic mass is 35.5. The minimum Gasteiger partial charge on any atom is -0.298 e. The zero-order valence-electron chi connectivity index (χ0n) is 20.5. The SMILES string of the molecule is Cc1cc(C)c(S(=O)(=O)N2CCN(C(C)c3nc4cc(Cl)ccc4c(=O)n3C)CC2C)c(C)c1. The van der Waals surface area contributed by atoms with Crippen LogP contribution in [0.3, 0.4) is 0 Å². The number of piperazine rings is 1. The smallest absolute Gasteiger partial charge is 0.261 e. The normalized spacial score (nSPS) is 19.0. The molecule has 0 amide bonds. The zero-order valence-corrected chi connectivity index (χ0v) is 22.0. The van der Waals surface area contributed by atoms with Gasteiger partial charge in [-0.05, 0) is 63.9 Å². The molecule has 1 aliphatic heterocycles. The molecule has 7 nitrogen and oxygen atoms in total. The third-order valence-corrected chi connectivity index (χ3v) is 9.32. The molecule has 0 aliphatic carbocycles. The summed E-state index contributed by atoms with van der Waals surface area (Å²) in [7, 11) is -1.91. The summed E-state index contributed by atoms with van der Waals surface area (Å²) in [6, 6.07) is 8.53. The first-order valence-corrected chi connectivity index (χ1v) is 13.2. The molecule has 0 radical (unpaired) electrons. The van der Waals surface area contributed by atoms with E-state index in [0.29, 0.717) is 46.3 Å². The van der Waals surface area contributed by atoms with Gasteiger partial charge in [-0.25, -0.2) is 13.4 Å². The minimum atomic E-state index is -3.63. The predicted molar refractivity (Wildman–Crippen MR) is 136 cm³/mol. The van der Waals surface area contributed by atoms with Crippen molar-refractivity contribution >= 4 is 32.5 Å². The lowest BCUT2D eigenvalue weighted by Crippen LogP contribution is -2.54. The largest absolute Gasteiger partial charge is 0.298 e. The second-order valence-electron chi connectivity index (χ2n) is 9.36. The second-order valence-corrected chi connectivity index (χ2v) is 11.6. The molecule has 2 heterocycles. The third-order valence-electron chi connectivity index (χ3n) is 6.76. The van der Waals surface area contributed by atoms with Crippen molar-refractivity contribution in [1.29, 1.82) is 0 Å². The van der Waals surface area contributed by atoms with Crippen LogP contribution in [0.25, 0.3) is 10.9 Å². The first-order valence-electron chi connectivity index (χ1n) is 11.4. The van der Waals surface area contributed by atoms with Gasteiger partial charge in [-0.15, -0.1) is 0 Å². The summed E-state index contributed by atoms with van der Waals surface area (Å²) in [6.07, 6.45) is 0. The number of sulfonamides is 1. The van der Waals surface area contributed by atoms with Gasteiger partial charge in [0, 0.05) is 37.7 Å². The molecule has 1 saturated heterocycles. The van der Waals surface area contributed by atoms with Crippen LogP contribution in [0.5, 0.6) is 0 Å². The highest BCUT2D eigenvalue weighted by molar-refractivity contribution is 7.89. The van der Waals surface area contributed by atoms with Gasteiger partial charge in [0.15, 0.2) is 0 Å². The maximum atomic E-state index is 13.6. The van der Waals surface area contributed by atoms with Gasteiger partial charge in [0.05, 0.1) is 21.8 Å². The van der Waals surface area contributed by atoms with Crippen LogP contribution in [0.4, 0.5) is 0 Å². The summed E-state index contributed by atoms with van der Waals surface area (Å²) in [6.45, 7) is 11.1. The number of halogens is 1. The van der Waals surface area contributed by atoms with Crippen molar-refractivity contribution in [3.63, 3.8) is 0 Å². The van der Waals surface area contributed by atoms with E-state index in [1.54, 1.807) is 34.1 Å². The number of benzene rings is 2. The fourth-order valence-electron chi connectivity index (χ4n) is 5.17. The van der Waals surface area contributed by atoms with Crippen molar-refractivity contribution in [3.05, 3.63) is 68.2 Å². The molecule has 2 unspecified atom stereocenters. The van der Waals surface area contributed by atoms with E-state index in [2.05, 4.69) is 4.90 Å². The van der Waals surface area contributed by atoms with Crippen molar-refractivity contribution in [2.24, 2.45) is 7.05 Å². The maximum Gasteiger partial charge on any atom is 0.261 e. The van der Waals surface area contributed by atoms with Gasteiger partial charge in [0.2, 0.25) is 10.0 Å². The Morgan fingerprint density at radius 3 is 2.35 bits per heavy atom. The van der Waals surface area contributed by atoms with Crippen molar-refractivity contribution in [3.8, 4) is 0 Å². The number of aromatic nitrogens is 2. The standard InChI is InChI=1S/C25H31ClN4O3S/c1-15-11-16(2)23(17(3)12-15)34(32,33)30-10-9-29(14-18(30)4)19(5)24-27-22-13-20(26)7-8-21(22)25(31)28(24)6/h7-8,11-13,18-19H,9-10,14H2,1-6H3. The lowest BCUT2D eigenvalue weighted by atomic mass is 10.1. The topological polar surface area (TPSA) is 75.5 Å². The Bertz CT molecular complexity index is 1410. The number of rotatable bonds is 4. The molecule has 34 heavy (non-hydrogen) atoms. The zero-order chi connectivity index (χ0) is 24.9. The van der Waals surface area contributed by atoms with Gasteiger partial charge in [-0.2, -0.15) is 4.31 Å². The Morgan fingerprint density at radius 1 is 1.09 bits per heavy atom. The Balaban J connectivity index is 1.62. The highest BCUT2D eigenvalue weighted by Gasteiger charge is 2.37. The molecule has 1 aromatic heterocycles. The van der Waals surface area contributed by atoms with Gasteiger partial charge in [-0.3, -0.25) is 14.3 Å². The van der Waals surface area contributed by atoms with Crippen molar-refractivity contribution in [2.45, 2.75) is 51.6 Å². The number of nitrogens with zero attached hydrogens (tertiary/aromatic N) is 4. The van der Waals surface area contributed by atoms with Crippen LogP contribution in [-0.4, -0.2) is 52.9 Å². The molecule has 2 atom stereocenters. The summed E-state index contributed by atoms with van der Waals surface area (Å²) >= 11 is 6.13. The van der Waals surface area contributed by atoms with Crippen LogP contribution in [0.2, 0.25) is 5.02 Å². The summed E-state index contributed by atoms with van der Waals surface area (Å²) in [5.74, 6) is 0.633. The molecule has 2 aromatic carbocycles. The van der Waals surface area contributed by atoms with Gasteiger partial charge < -0.3 is 0 Å². The van der Waals surface area contributed by atoms with E-state index in [4.69, 9.17) is 16.6 Å². The Labute approximate surface area is 206 Å². The van der Waals surface area contributed by atoms with Crippen molar-refractivity contribution in [2.75, 3.05) is 19.6 Å². The molecule has 0 bridgehead atoms. The van der Waals surface area contributed by atoms with Crippen molar-refractivity contribution < 1.29 is 8.42 Å². The Morgan fingerprint density at radius 2 is 1.74 bits per heavy atom. The molecular formula is C25H31ClN4O3S. The number of fused-ring (bicyclic) bond motifs is 1. The molecule has 0 saturated carbocycles. The van der Waals surface area contributed by atoms with Gasteiger partial charge in [0.1, 0.15) is 5.82 Å². The molecule has 9 heteroatoms. The average molecular weight is 503 g/mol. The van der Waals surface area contributed by atoms with Crippen LogP contribution in [0.1, 0.15) is 42.4 Å². The quantitative estimate of drug-likeness (QED) is 0.539. The molecule has 3 aromatic rings. The van der Waals surface area contributed by atoms with E-state index in [1.165, 1.54) is 0 Å². The van der Waals surface area contributed by atoms with Crippen LogP contribution >= 0.6 is 11.6 Å². The fraction of sp³-hybridized carbons (Fsp3) is 0.440. The first-order chi connectivity index (χ1) is 15.9. The van der Waals surface area contributed by atoms with Crippen LogP contribution in [0.15, 0.2) is 40.0 Å². The Kier molecular flexibility index (Phi) is 6.63. The summed E-state index contributed by atoms with van der Waals surface area (Å²) in [4.78, 5) is 20.3. The van der Waals surface area contributed by atoms with E-state index in [9.17, 15) is 13.2 Å².